The summed E-state index contributed by atoms with van der Waals surface area (Å²) < 4.78 is 1.83. The number of carbonyl (C=O) groups excluding carboxylic acids is 2. The Labute approximate surface area is 138 Å². The Morgan fingerprint density at radius 3 is 2.55 bits per heavy atom. The lowest BCUT2D eigenvalue weighted by Gasteiger charge is -2.15. The summed E-state index contributed by atoms with van der Waals surface area (Å²) >= 11 is 9.59. The van der Waals surface area contributed by atoms with Crippen molar-refractivity contribution < 1.29 is 9.59 Å². The molecule has 0 spiro atoms. The van der Waals surface area contributed by atoms with Crippen molar-refractivity contribution in [2.45, 2.75) is 6.92 Å². The molecule has 0 fully saturated rings. The molecule has 8 heteroatoms. The van der Waals surface area contributed by atoms with E-state index in [-0.39, 0.29) is 16.9 Å². The van der Waals surface area contributed by atoms with Gasteiger partial charge in [-0.1, -0.05) is 27.5 Å². The molecule has 0 bridgehead atoms. The van der Waals surface area contributed by atoms with Crippen LogP contribution in [0.2, 0.25) is 5.02 Å². The van der Waals surface area contributed by atoms with Crippen molar-refractivity contribution in [1.29, 1.82) is 0 Å². The van der Waals surface area contributed by atoms with E-state index in [0.29, 0.717) is 15.2 Å². The van der Waals surface area contributed by atoms with Gasteiger partial charge in [-0.15, -0.1) is 0 Å². The van der Waals surface area contributed by atoms with Crippen LogP contribution in [-0.4, -0.2) is 16.4 Å². The number of aryl methyl sites for hydroxylation is 1. The second-order valence-electron chi connectivity index (χ2n) is 4.83. The average molecular weight is 383 g/mol. The zero-order valence-corrected chi connectivity index (χ0v) is 13.6. The molecule has 6 nitrogen and oxygen atoms in total. The van der Waals surface area contributed by atoms with Gasteiger partial charge >= 0.3 is 0 Å². The van der Waals surface area contributed by atoms with E-state index in [2.05, 4.69) is 21.2 Å². The van der Waals surface area contributed by atoms with Crippen LogP contribution in [0.4, 0.5) is 5.82 Å². The molecule has 1 aromatic heterocycles. The fraction of sp³-hybridized carbons (Fsp3) is 0.0714. The van der Waals surface area contributed by atoms with Gasteiger partial charge < -0.3 is 5.73 Å². The summed E-state index contributed by atoms with van der Waals surface area (Å²) in [6.07, 6.45) is 0. The molecule has 3 rings (SSSR count). The molecule has 0 atom stereocenters. The number of benzene rings is 1. The van der Waals surface area contributed by atoms with Gasteiger partial charge in [0.2, 0.25) is 0 Å². The van der Waals surface area contributed by atoms with Gasteiger partial charge in [0.05, 0.1) is 21.8 Å². The second-order valence-corrected chi connectivity index (χ2v) is 6.12. The van der Waals surface area contributed by atoms with Crippen molar-refractivity contribution in [2.24, 2.45) is 0 Å². The zero-order valence-electron chi connectivity index (χ0n) is 11.2. The second kappa shape index (κ2) is 4.96. The van der Waals surface area contributed by atoms with E-state index in [1.54, 1.807) is 19.1 Å². The topological polar surface area (TPSA) is 94.2 Å². The number of fused-ring (bicyclic) bond motifs is 1. The number of hydrogen-bond acceptors (Lipinski definition) is 4. The van der Waals surface area contributed by atoms with Gasteiger partial charge in [-0.3, -0.25) is 24.3 Å². The number of halogens is 2. The summed E-state index contributed by atoms with van der Waals surface area (Å²) in [5, 5.41) is 2.45. The highest BCUT2D eigenvalue weighted by molar-refractivity contribution is 9.10. The molecule has 2 aromatic rings. The van der Waals surface area contributed by atoms with Crippen LogP contribution in [0.5, 0.6) is 0 Å². The zero-order chi connectivity index (χ0) is 16.2. The maximum Gasteiger partial charge on any atom is 0.262 e. The number of nitrogens with zero attached hydrogens (tertiary/aromatic N) is 1. The number of pyridine rings is 1. The maximum atomic E-state index is 12.3. The third kappa shape index (κ3) is 2.05. The first-order valence-electron chi connectivity index (χ1n) is 6.18. The molecule has 0 unspecified atom stereocenters. The van der Waals surface area contributed by atoms with Crippen LogP contribution in [0.15, 0.2) is 27.5 Å². The largest absolute Gasteiger partial charge is 0.384 e. The molecule has 1 aromatic carbocycles. The summed E-state index contributed by atoms with van der Waals surface area (Å²) in [5.74, 6) is -1.38. The van der Waals surface area contributed by atoms with Gasteiger partial charge in [-0.2, -0.15) is 0 Å². The molecule has 2 heterocycles. The molecule has 2 amide bonds. The number of hydrogen-bond donors (Lipinski definition) is 2. The van der Waals surface area contributed by atoms with E-state index >= 15 is 0 Å². The smallest absolute Gasteiger partial charge is 0.262 e. The highest BCUT2D eigenvalue weighted by Crippen LogP contribution is 2.31. The van der Waals surface area contributed by atoms with E-state index in [0.717, 1.165) is 16.2 Å². The van der Waals surface area contributed by atoms with Gasteiger partial charge in [0, 0.05) is 10.5 Å². The summed E-state index contributed by atoms with van der Waals surface area (Å²) in [6.45, 7) is 1.78. The Morgan fingerprint density at radius 1 is 1.18 bits per heavy atom. The van der Waals surface area contributed by atoms with E-state index in [1.165, 1.54) is 0 Å². The number of rotatable bonds is 1. The number of nitrogen functional groups attached to an aromatic ring is 1. The van der Waals surface area contributed by atoms with Crippen molar-refractivity contribution >= 4 is 45.2 Å². The van der Waals surface area contributed by atoms with Crippen molar-refractivity contribution in [1.82, 2.24) is 9.88 Å². The molecular formula is C14H9BrClN3O3. The van der Waals surface area contributed by atoms with Crippen LogP contribution in [0.25, 0.3) is 5.69 Å². The predicted octanol–water partition coefficient (Wildman–Crippen LogP) is 2.03. The first kappa shape index (κ1) is 14.8. The van der Waals surface area contributed by atoms with Crippen LogP contribution in [0, 0.1) is 6.92 Å². The van der Waals surface area contributed by atoms with Crippen LogP contribution in [0.1, 0.15) is 26.3 Å². The van der Waals surface area contributed by atoms with Crippen LogP contribution in [0.3, 0.4) is 0 Å². The van der Waals surface area contributed by atoms with Gasteiger partial charge in [-0.05, 0) is 24.6 Å². The fourth-order valence-corrected chi connectivity index (χ4v) is 3.15. The van der Waals surface area contributed by atoms with Gasteiger partial charge in [-0.25, -0.2) is 0 Å². The highest BCUT2D eigenvalue weighted by atomic mass is 79.9. The lowest BCUT2D eigenvalue weighted by molar-refractivity contribution is 0.0880. The van der Waals surface area contributed by atoms with Crippen molar-refractivity contribution in [3.63, 3.8) is 0 Å². The van der Waals surface area contributed by atoms with E-state index in [4.69, 9.17) is 17.3 Å². The van der Waals surface area contributed by atoms with E-state index in [1.807, 2.05) is 0 Å². The highest BCUT2D eigenvalue weighted by Gasteiger charge is 2.32. The first-order chi connectivity index (χ1) is 10.3. The third-order valence-electron chi connectivity index (χ3n) is 3.39. The number of nitrogens with one attached hydrogen (secondary N) is 1. The Kier molecular flexibility index (Phi) is 3.34. The molecule has 0 saturated carbocycles. The number of carbonyl (C=O) groups is 2. The molecule has 1 aliphatic heterocycles. The quantitative estimate of drug-likeness (QED) is 0.738. The van der Waals surface area contributed by atoms with Gasteiger partial charge in [0.1, 0.15) is 5.82 Å². The minimum atomic E-state index is -0.632. The monoisotopic (exact) mass is 381 g/mol. The molecule has 0 saturated heterocycles. The number of aromatic nitrogens is 1. The standard InChI is InChI=1S/C14H9BrClN3O3/c1-5-2-6(15)3-8(11(5)16)19-9(20)4-7-10(12(19)17)14(22)18-13(7)21/h2-4H,17H2,1H3,(H,18,21,22). The molecule has 22 heavy (non-hydrogen) atoms. The number of nitrogens with two attached hydrogens (primary N) is 1. The molecule has 1 aliphatic rings. The minimum Gasteiger partial charge on any atom is -0.384 e. The third-order valence-corrected chi connectivity index (χ3v) is 4.34. The van der Waals surface area contributed by atoms with Gasteiger partial charge in [0.15, 0.2) is 0 Å². The van der Waals surface area contributed by atoms with Gasteiger partial charge in [0.25, 0.3) is 17.4 Å². The number of imide groups is 1. The van der Waals surface area contributed by atoms with E-state index in [9.17, 15) is 14.4 Å². The Hall–Kier alpha value is -2.12. The number of anilines is 1. The summed E-state index contributed by atoms with van der Waals surface area (Å²) in [5.41, 5.74) is 6.46. The normalized spacial score (nSPS) is 13.2. The van der Waals surface area contributed by atoms with Crippen molar-refractivity contribution in [3.05, 3.63) is 54.7 Å². The van der Waals surface area contributed by atoms with Crippen LogP contribution >= 0.6 is 27.5 Å². The van der Waals surface area contributed by atoms with Crippen LogP contribution in [-0.2, 0) is 0 Å². The maximum absolute atomic E-state index is 12.3. The van der Waals surface area contributed by atoms with Crippen molar-refractivity contribution in [3.8, 4) is 5.69 Å². The molecular weight excluding hydrogens is 374 g/mol. The van der Waals surface area contributed by atoms with E-state index < -0.39 is 17.4 Å². The lowest BCUT2D eigenvalue weighted by atomic mass is 10.1. The SMILES string of the molecule is Cc1cc(Br)cc(-n2c(N)c3c(cc2=O)C(=O)NC3=O)c1Cl. The van der Waals surface area contributed by atoms with Crippen LogP contribution < -0.4 is 16.6 Å². The van der Waals surface area contributed by atoms with Crippen molar-refractivity contribution in [2.75, 3.05) is 5.73 Å². The summed E-state index contributed by atoms with van der Waals surface area (Å²) in [6, 6.07) is 4.49. The predicted molar refractivity (Wildman–Crippen MR) is 85.7 cm³/mol. The molecule has 0 radical (unpaired) electrons. The summed E-state index contributed by atoms with van der Waals surface area (Å²) in [7, 11) is 0. The Balaban J connectivity index is 2.40. The summed E-state index contributed by atoms with van der Waals surface area (Å²) in [4.78, 5) is 35.8. The number of amides is 2. The molecule has 3 N–H and O–H groups in total. The fourth-order valence-electron chi connectivity index (χ4n) is 2.40. The molecule has 112 valence electrons. The average Bonchev–Trinajstić information content (AvgIpc) is 2.70. The Morgan fingerprint density at radius 2 is 1.86 bits per heavy atom. The Bertz CT molecular complexity index is 921. The first-order valence-corrected chi connectivity index (χ1v) is 7.35. The minimum absolute atomic E-state index is 0.0155. The molecule has 0 aliphatic carbocycles. The lowest BCUT2D eigenvalue weighted by Crippen LogP contribution is -2.24.